The first-order valence-electron chi connectivity index (χ1n) is 8.00. The number of alkyl halides is 3. The van der Waals surface area contributed by atoms with Gasteiger partial charge < -0.3 is 25.8 Å². The molecule has 0 saturated carbocycles. The zero-order valence-corrected chi connectivity index (χ0v) is 14.2. The highest BCUT2D eigenvalue weighted by molar-refractivity contribution is 5.91. The molecule has 150 valence electrons. The predicted molar refractivity (Wildman–Crippen MR) is 84.2 cm³/mol. The van der Waals surface area contributed by atoms with Gasteiger partial charge in [0.25, 0.3) is 5.91 Å². The van der Waals surface area contributed by atoms with E-state index in [1.54, 1.807) is 0 Å². The summed E-state index contributed by atoms with van der Waals surface area (Å²) in [7, 11) is 1.24. The topological polar surface area (TPSA) is 148 Å². The minimum absolute atomic E-state index is 0.0247. The number of aromatic nitrogens is 4. The number of hydrogen-bond donors (Lipinski definition) is 3. The Bertz CT molecular complexity index is 979. The lowest BCUT2D eigenvalue weighted by Gasteiger charge is -2.36. The van der Waals surface area contributed by atoms with E-state index in [9.17, 15) is 27.9 Å². The Kier molecular flexibility index (Phi) is 3.77. The quantitative estimate of drug-likeness (QED) is 0.554. The van der Waals surface area contributed by atoms with Gasteiger partial charge in [0.2, 0.25) is 0 Å². The Morgan fingerprint density at radius 1 is 1.39 bits per heavy atom. The van der Waals surface area contributed by atoms with Gasteiger partial charge in [-0.15, -0.1) is 0 Å². The van der Waals surface area contributed by atoms with Crippen LogP contribution in [0.1, 0.15) is 6.23 Å². The van der Waals surface area contributed by atoms with Gasteiger partial charge in [-0.05, 0) is 0 Å². The molecule has 0 spiro atoms. The molecule has 2 aliphatic heterocycles. The second kappa shape index (κ2) is 5.75. The van der Waals surface area contributed by atoms with Crippen LogP contribution in [0.25, 0.3) is 11.2 Å². The number of morpholine rings is 1. The number of anilines is 1. The second-order valence-electron chi connectivity index (χ2n) is 6.43. The number of imidazole rings is 1. The fraction of sp³-hybridized carbons (Fsp3) is 0.500. The average molecular weight is 401 g/mol. The van der Waals surface area contributed by atoms with Gasteiger partial charge in [0.15, 0.2) is 23.3 Å². The number of nitrogens with one attached hydrogen (secondary N) is 1. The third-order valence-electron chi connectivity index (χ3n) is 4.97. The zero-order valence-electron chi connectivity index (χ0n) is 14.2. The van der Waals surface area contributed by atoms with E-state index in [0.717, 1.165) is 6.33 Å². The highest BCUT2D eigenvalue weighted by atomic mass is 19.4. The number of hydrogen-bond acceptors (Lipinski definition) is 8. The summed E-state index contributed by atoms with van der Waals surface area (Å²) in [6.45, 7) is -0.753. The van der Waals surface area contributed by atoms with Gasteiger partial charge in [0, 0.05) is 7.05 Å². The smallest absolute Gasteiger partial charge is 0.387 e. The number of carbonyl (C=O) groups excluding carboxylic acids is 2. The Balaban J connectivity index is 1.84. The van der Waals surface area contributed by atoms with Crippen molar-refractivity contribution in [2.45, 2.75) is 30.2 Å². The van der Waals surface area contributed by atoms with Gasteiger partial charge in [-0.3, -0.25) is 14.2 Å². The van der Waals surface area contributed by atoms with Crippen LogP contribution in [-0.4, -0.2) is 78.9 Å². The van der Waals surface area contributed by atoms with Crippen LogP contribution in [0.15, 0.2) is 12.7 Å². The van der Waals surface area contributed by atoms with Crippen molar-refractivity contribution in [2.75, 3.05) is 19.3 Å². The Hall–Kier alpha value is -3.00. The average Bonchev–Trinajstić information content (AvgIpc) is 3.29. The van der Waals surface area contributed by atoms with E-state index in [1.807, 2.05) is 0 Å². The monoisotopic (exact) mass is 401 g/mol. The highest BCUT2D eigenvalue weighted by Gasteiger charge is 2.70. The van der Waals surface area contributed by atoms with Crippen LogP contribution in [0, 0.1) is 0 Å². The van der Waals surface area contributed by atoms with Gasteiger partial charge in [-0.1, -0.05) is 0 Å². The third-order valence-corrected chi connectivity index (χ3v) is 4.97. The van der Waals surface area contributed by atoms with E-state index in [2.05, 4.69) is 20.3 Å². The molecule has 2 bridgehead atoms. The van der Waals surface area contributed by atoms with Gasteiger partial charge in [-0.25, -0.2) is 15.0 Å². The Morgan fingerprint density at radius 2 is 2.11 bits per heavy atom. The number of likely N-dealkylation sites (tertiary alicyclic amines) is 1. The summed E-state index contributed by atoms with van der Waals surface area (Å²) in [6, 6.07) is -1.50. The van der Waals surface area contributed by atoms with Gasteiger partial charge in [-0.2, -0.15) is 13.2 Å². The minimum Gasteiger partial charge on any atom is -0.387 e. The molecule has 28 heavy (non-hydrogen) atoms. The van der Waals surface area contributed by atoms with Crippen LogP contribution in [0.2, 0.25) is 0 Å². The number of aliphatic hydroxyl groups is 1. The lowest BCUT2D eigenvalue weighted by atomic mass is 9.98. The molecule has 4 heterocycles. The Morgan fingerprint density at radius 3 is 2.75 bits per heavy atom. The number of fused-ring (bicyclic) bond motifs is 3. The van der Waals surface area contributed by atoms with Crippen LogP contribution >= 0.6 is 0 Å². The van der Waals surface area contributed by atoms with Crippen LogP contribution in [-0.2, 0) is 14.3 Å². The number of likely N-dealkylation sites (N-methyl/N-ethyl adjacent to an activating group) is 1. The molecule has 2 aromatic rings. The molecule has 0 aromatic carbocycles. The first kappa shape index (κ1) is 18.4. The molecule has 2 fully saturated rings. The van der Waals surface area contributed by atoms with E-state index >= 15 is 0 Å². The summed E-state index contributed by atoms with van der Waals surface area (Å²) < 4.78 is 46.1. The molecule has 14 heteroatoms. The summed E-state index contributed by atoms with van der Waals surface area (Å²) >= 11 is 0. The largest absolute Gasteiger partial charge is 0.471 e. The molecule has 2 amide bonds. The number of amides is 2. The highest BCUT2D eigenvalue weighted by Crippen LogP contribution is 2.48. The predicted octanol–water partition coefficient (Wildman–Crippen LogP) is -1.44. The molecule has 2 aromatic heterocycles. The fourth-order valence-corrected chi connectivity index (χ4v) is 3.72. The molecule has 4 N–H and O–H groups in total. The number of nitrogens with two attached hydrogens (primary N) is 1. The van der Waals surface area contributed by atoms with Crippen molar-refractivity contribution < 1.29 is 32.6 Å². The summed E-state index contributed by atoms with van der Waals surface area (Å²) in [4.78, 5) is 36.4. The maximum Gasteiger partial charge on any atom is 0.471 e. The zero-order chi connectivity index (χ0) is 20.4. The lowest BCUT2D eigenvalue weighted by molar-refractivity contribution is -0.200. The SMILES string of the molecule is CNC(=O)[C@]12CN(C(=O)C(F)(F)F)[C@H]([C@H](n3cnc4c(N)ncnc43)O1)[C@H]2O. The molecule has 0 radical (unpaired) electrons. The Labute approximate surface area is 154 Å². The lowest BCUT2D eigenvalue weighted by Crippen LogP contribution is -2.57. The van der Waals surface area contributed by atoms with Gasteiger partial charge in [0.05, 0.1) is 12.9 Å². The maximum absolute atomic E-state index is 13.1. The molecule has 0 aliphatic carbocycles. The molecule has 2 aliphatic rings. The summed E-state index contributed by atoms with van der Waals surface area (Å²) in [5.41, 5.74) is 3.91. The number of aliphatic hydroxyl groups excluding tert-OH is 1. The summed E-state index contributed by atoms with van der Waals surface area (Å²) in [5.74, 6) is -3.02. The summed E-state index contributed by atoms with van der Waals surface area (Å²) in [5, 5.41) is 12.9. The van der Waals surface area contributed by atoms with Crippen molar-refractivity contribution in [3.05, 3.63) is 12.7 Å². The van der Waals surface area contributed by atoms with E-state index in [1.165, 1.54) is 17.9 Å². The fourth-order valence-electron chi connectivity index (χ4n) is 3.72. The number of ether oxygens (including phenoxy) is 1. The second-order valence-corrected chi connectivity index (χ2v) is 6.43. The van der Waals surface area contributed by atoms with Crippen LogP contribution in [0.3, 0.4) is 0 Å². The number of nitrogen functional groups attached to an aromatic ring is 1. The number of carbonyl (C=O) groups is 2. The molecular weight excluding hydrogens is 387 g/mol. The van der Waals surface area contributed by atoms with E-state index in [4.69, 9.17) is 10.5 Å². The normalized spacial score (nSPS) is 29.5. The van der Waals surface area contributed by atoms with Crippen LogP contribution in [0.4, 0.5) is 19.0 Å². The van der Waals surface area contributed by atoms with E-state index in [0.29, 0.717) is 4.90 Å². The van der Waals surface area contributed by atoms with Crippen molar-refractivity contribution in [1.29, 1.82) is 0 Å². The molecule has 4 atom stereocenters. The van der Waals surface area contributed by atoms with Crippen molar-refractivity contribution in [2.24, 2.45) is 0 Å². The van der Waals surface area contributed by atoms with E-state index in [-0.39, 0.29) is 17.0 Å². The summed E-state index contributed by atoms with van der Waals surface area (Å²) in [6.07, 6.45) is -5.96. The van der Waals surface area contributed by atoms with Crippen LogP contribution < -0.4 is 11.1 Å². The van der Waals surface area contributed by atoms with Gasteiger partial charge in [0.1, 0.15) is 24.0 Å². The van der Waals surface area contributed by atoms with Crippen molar-refractivity contribution in [1.82, 2.24) is 29.7 Å². The third kappa shape index (κ3) is 2.27. The molecule has 0 unspecified atom stereocenters. The maximum atomic E-state index is 13.1. The first-order chi connectivity index (χ1) is 13.1. The number of halogens is 3. The van der Waals surface area contributed by atoms with E-state index < -0.39 is 48.5 Å². The van der Waals surface area contributed by atoms with Crippen molar-refractivity contribution in [3.63, 3.8) is 0 Å². The molecular formula is C14H14F3N7O4. The van der Waals surface area contributed by atoms with Crippen LogP contribution in [0.5, 0.6) is 0 Å². The molecule has 11 nitrogen and oxygen atoms in total. The van der Waals surface area contributed by atoms with Crippen molar-refractivity contribution >= 4 is 28.8 Å². The molecule has 4 rings (SSSR count). The van der Waals surface area contributed by atoms with Crippen molar-refractivity contribution in [3.8, 4) is 0 Å². The standard InChI is InChI=1S/C14H14F3N7O4/c1-19-11(26)13-2-23(12(27)14(15,16)17)6(7(13)25)10(28-13)24-4-22-5-8(18)20-3-21-9(5)24/h3-4,6-7,10,25H,2H2,1H3,(H,19,26)(H2,18,20,21)/t6-,7+,10+,13+/m0/s1. The number of rotatable bonds is 2. The van der Waals surface area contributed by atoms with Gasteiger partial charge >= 0.3 is 12.1 Å². The number of nitrogens with zero attached hydrogens (tertiary/aromatic N) is 5. The minimum atomic E-state index is -5.19. The molecule has 2 saturated heterocycles. The first-order valence-corrected chi connectivity index (χ1v) is 8.00.